The molecule has 0 saturated heterocycles. The summed E-state index contributed by atoms with van der Waals surface area (Å²) in [6.45, 7) is 1.58. The van der Waals surface area contributed by atoms with E-state index in [0.29, 0.717) is 12.0 Å². The molecule has 1 unspecified atom stereocenters. The SMILES string of the molecule is CC1Cc2c(ccc(C(=O)C3C(=O)CCCC3=O)c2Cl)S1(=O)=O. The third-order valence-electron chi connectivity index (χ3n) is 4.55. The maximum Gasteiger partial charge on any atom is 0.182 e. The average molecular weight is 355 g/mol. The van der Waals surface area contributed by atoms with E-state index in [0.717, 1.165) is 0 Å². The van der Waals surface area contributed by atoms with Gasteiger partial charge in [0.2, 0.25) is 0 Å². The van der Waals surface area contributed by atoms with Crippen molar-refractivity contribution < 1.29 is 22.8 Å². The molecule has 0 amide bonds. The number of sulfone groups is 1. The van der Waals surface area contributed by atoms with Gasteiger partial charge in [-0.2, -0.15) is 0 Å². The first-order valence-corrected chi connectivity index (χ1v) is 9.32. The molecule has 1 aromatic rings. The van der Waals surface area contributed by atoms with Crippen molar-refractivity contribution in [3.63, 3.8) is 0 Å². The minimum absolute atomic E-state index is 0.0478. The third kappa shape index (κ3) is 2.44. The Kier molecular flexibility index (Phi) is 3.92. The van der Waals surface area contributed by atoms with Crippen LogP contribution in [0.25, 0.3) is 0 Å². The normalized spacial score (nSPS) is 23.8. The number of halogens is 1. The molecule has 1 aliphatic heterocycles. The van der Waals surface area contributed by atoms with Crippen molar-refractivity contribution in [3.05, 3.63) is 28.3 Å². The molecule has 5 nitrogen and oxygen atoms in total. The molecule has 1 heterocycles. The van der Waals surface area contributed by atoms with E-state index in [-0.39, 0.29) is 46.3 Å². The summed E-state index contributed by atoms with van der Waals surface area (Å²) in [4.78, 5) is 36.6. The third-order valence-corrected chi connectivity index (χ3v) is 7.20. The highest BCUT2D eigenvalue weighted by molar-refractivity contribution is 7.92. The molecule has 1 saturated carbocycles. The largest absolute Gasteiger partial charge is 0.298 e. The van der Waals surface area contributed by atoms with Crippen LogP contribution in [0.4, 0.5) is 0 Å². The summed E-state index contributed by atoms with van der Waals surface area (Å²) in [6.07, 6.45) is 1.10. The van der Waals surface area contributed by atoms with Crippen LogP contribution in [0.5, 0.6) is 0 Å². The number of rotatable bonds is 2. The van der Waals surface area contributed by atoms with Gasteiger partial charge in [0.1, 0.15) is 5.92 Å². The Labute approximate surface area is 138 Å². The van der Waals surface area contributed by atoms with Crippen molar-refractivity contribution >= 4 is 38.8 Å². The van der Waals surface area contributed by atoms with E-state index in [4.69, 9.17) is 11.6 Å². The van der Waals surface area contributed by atoms with E-state index in [1.807, 2.05) is 0 Å². The minimum atomic E-state index is -3.43. The van der Waals surface area contributed by atoms with Gasteiger partial charge in [0, 0.05) is 18.4 Å². The monoisotopic (exact) mass is 354 g/mol. The molecule has 0 bridgehead atoms. The highest BCUT2D eigenvalue weighted by Gasteiger charge is 2.40. The lowest BCUT2D eigenvalue weighted by atomic mass is 9.81. The number of fused-ring (bicyclic) bond motifs is 1. The number of hydrogen-bond acceptors (Lipinski definition) is 5. The molecule has 0 radical (unpaired) electrons. The molecule has 1 aromatic carbocycles. The standard InChI is InChI=1S/C16H15ClO5S/c1-8-7-10-13(23(8,21)22)6-5-9(15(10)17)16(20)14-11(18)3-2-4-12(14)19/h5-6,8,14H,2-4,7H2,1H3. The summed E-state index contributed by atoms with van der Waals surface area (Å²) < 4.78 is 24.3. The fourth-order valence-electron chi connectivity index (χ4n) is 3.22. The van der Waals surface area contributed by atoms with Crippen LogP contribution < -0.4 is 0 Å². The zero-order valence-corrected chi connectivity index (χ0v) is 14.0. The van der Waals surface area contributed by atoms with E-state index >= 15 is 0 Å². The van der Waals surface area contributed by atoms with Crippen molar-refractivity contribution in [2.45, 2.75) is 42.8 Å². The molecule has 2 aliphatic rings. The number of Topliss-reactive ketones (excluding diaryl/α,β-unsaturated/α-hetero) is 3. The van der Waals surface area contributed by atoms with Gasteiger partial charge in [0.05, 0.1) is 15.2 Å². The molecule has 3 rings (SSSR count). The molecular weight excluding hydrogens is 340 g/mol. The maximum atomic E-state index is 12.6. The zero-order valence-electron chi connectivity index (χ0n) is 12.5. The number of benzene rings is 1. The summed E-state index contributed by atoms with van der Waals surface area (Å²) in [5.74, 6) is -2.69. The van der Waals surface area contributed by atoms with E-state index in [1.165, 1.54) is 12.1 Å². The van der Waals surface area contributed by atoms with Gasteiger partial charge < -0.3 is 0 Å². The second-order valence-corrected chi connectivity index (χ2v) is 8.76. The molecule has 7 heteroatoms. The van der Waals surface area contributed by atoms with Gasteiger partial charge in [-0.15, -0.1) is 0 Å². The molecule has 23 heavy (non-hydrogen) atoms. The molecule has 1 aliphatic carbocycles. The van der Waals surface area contributed by atoms with Gasteiger partial charge in [-0.05, 0) is 37.5 Å². The van der Waals surface area contributed by atoms with E-state index in [2.05, 4.69) is 0 Å². The lowest BCUT2D eigenvalue weighted by Gasteiger charge is -2.19. The van der Waals surface area contributed by atoms with Crippen LogP contribution in [-0.4, -0.2) is 31.0 Å². The van der Waals surface area contributed by atoms with Gasteiger partial charge in [0.15, 0.2) is 27.2 Å². The van der Waals surface area contributed by atoms with Gasteiger partial charge >= 0.3 is 0 Å². The van der Waals surface area contributed by atoms with Gasteiger partial charge in [-0.25, -0.2) is 8.42 Å². The fraction of sp³-hybridized carbons (Fsp3) is 0.438. The molecule has 0 N–H and O–H groups in total. The molecular formula is C16H15ClO5S. The van der Waals surface area contributed by atoms with Crippen molar-refractivity contribution in [2.75, 3.05) is 0 Å². The van der Waals surface area contributed by atoms with E-state index < -0.39 is 26.8 Å². The second kappa shape index (κ2) is 5.53. The average Bonchev–Trinajstić information content (AvgIpc) is 2.71. The number of carbonyl (C=O) groups excluding carboxylic acids is 3. The van der Waals surface area contributed by atoms with Crippen LogP contribution in [-0.2, 0) is 25.8 Å². The Morgan fingerprint density at radius 1 is 1.17 bits per heavy atom. The van der Waals surface area contributed by atoms with Gasteiger partial charge in [0.25, 0.3) is 0 Å². The van der Waals surface area contributed by atoms with Crippen molar-refractivity contribution in [1.82, 2.24) is 0 Å². The Hall–Kier alpha value is -1.53. The first-order valence-electron chi connectivity index (χ1n) is 7.40. The zero-order chi connectivity index (χ0) is 16.9. The van der Waals surface area contributed by atoms with E-state index in [9.17, 15) is 22.8 Å². The van der Waals surface area contributed by atoms with Crippen LogP contribution in [0.1, 0.15) is 42.1 Å². The predicted octanol–water partition coefficient (Wildman–Crippen LogP) is 2.18. The summed E-state index contributed by atoms with van der Waals surface area (Å²) in [5.41, 5.74) is 0.462. The molecule has 1 atom stereocenters. The minimum Gasteiger partial charge on any atom is -0.298 e. The summed E-state index contributed by atoms with van der Waals surface area (Å²) in [7, 11) is -3.43. The molecule has 0 aromatic heterocycles. The Balaban J connectivity index is 2.06. The van der Waals surface area contributed by atoms with Crippen LogP contribution in [0.3, 0.4) is 0 Å². The highest BCUT2D eigenvalue weighted by atomic mass is 35.5. The van der Waals surface area contributed by atoms with Crippen LogP contribution in [0.15, 0.2) is 17.0 Å². The highest BCUT2D eigenvalue weighted by Crippen LogP contribution is 2.38. The second-order valence-electron chi connectivity index (χ2n) is 6.05. The first-order chi connectivity index (χ1) is 10.7. The Morgan fingerprint density at radius 3 is 2.39 bits per heavy atom. The number of hydrogen-bond donors (Lipinski definition) is 0. The van der Waals surface area contributed by atoms with Crippen molar-refractivity contribution in [2.24, 2.45) is 5.92 Å². The van der Waals surface area contributed by atoms with Crippen molar-refractivity contribution in [1.29, 1.82) is 0 Å². The predicted molar refractivity (Wildman–Crippen MR) is 83.5 cm³/mol. The lowest BCUT2D eigenvalue weighted by molar-refractivity contribution is -0.133. The Morgan fingerprint density at radius 2 is 1.78 bits per heavy atom. The van der Waals surface area contributed by atoms with Crippen LogP contribution >= 0.6 is 11.6 Å². The van der Waals surface area contributed by atoms with Crippen LogP contribution in [0.2, 0.25) is 5.02 Å². The topological polar surface area (TPSA) is 85.3 Å². The van der Waals surface area contributed by atoms with Crippen LogP contribution in [0, 0.1) is 5.92 Å². The fourth-order valence-corrected chi connectivity index (χ4v) is 5.21. The van der Waals surface area contributed by atoms with E-state index in [1.54, 1.807) is 6.92 Å². The summed E-state index contributed by atoms with van der Waals surface area (Å²) >= 11 is 6.25. The maximum absolute atomic E-state index is 12.6. The lowest BCUT2D eigenvalue weighted by Crippen LogP contribution is -2.35. The smallest absolute Gasteiger partial charge is 0.182 e. The van der Waals surface area contributed by atoms with Crippen molar-refractivity contribution in [3.8, 4) is 0 Å². The summed E-state index contributed by atoms with van der Waals surface area (Å²) in [5, 5.41) is -0.551. The molecule has 122 valence electrons. The quantitative estimate of drug-likeness (QED) is 0.600. The van der Waals surface area contributed by atoms with Gasteiger partial charge in [-0.1, -0.05) is 11.6 Å². The number of ketones is 3. The van der Waals surface area contributed by atoms with Gasteiger partial charge in [-0.3, -0.25) is 14.4 Å². The Bertz CT molecular complexity index is 824. The molecule has 0 spiro atoms. The molecule has 1 fully saturated rings. The summed E-state index contributed by atoms with van der Waals surface area (Å²) in [6, 6.07) is 2.67. The first kappa shape index (κ1) is 16.3. The number of carbonyl (C=O) groups is 3.